The minimum Gasteiger partial charge on any atom is -0.495 e. The van der Waals surface area contributed by atoms with Crippen LogP contribution < -0.4 is 4.74 Å². The molecule has 0 saturated heterocycles. The number of ether oxygens (including phenoxy) is 1. The Balaban J connectivity index is 2.64. The summed E-state index contributed by atoms with van der Waals surface area (Å²) in [5.41, 5.74) is 2.10. The van der Waals surface area contributed by atoms with E-state index < -0.39 is 5.97 Å². The third kappa shape index (κ3) is 4.41. The van der Waals surface area contributed by atoms with Gasteiger partial charge in [0.2, 0.25) is 0 Å². The smallest absolute Gasteiger partial charge is 0.303 e. The van der Waals surface area contributed by atoms with E-state index in [1.807, 2.05) is 31.2 Å². The number of carboxylic acid groups (broad SMARTS) is 1. The Bertz CT molecular complexity index is 453. The third-order valence-corrected chi connectivity index (χ3v) is 2.89. The molecule has 0 spiro atoms. The van der Waals surface area contributed by atoms with Gasteiger partial charge in [-0.05, 0) is 43.0 Å². The van der Waals surface area contributed by atoms with Crippen molar-refractivity contribution in [1.82, 2.24) is 0 Å². The molecule has 0 aliphatic heterocycles. The van der Waals surface area contributed by atoms with Crippen molar-refractivity contribution < 1.29 is 14.6 Å². The number of aryl methyl sites for hydroxylation is 1. The number of benzene rings is 1. The van der Waals surface area contributed by atoms with Crippen molar-refractivity contribution in [3.63, 3.8) is 0 Å². The Labute approximate surface area is 112 Å². The summed E-state index contributed by atoms with van der Waals surface area (Å²) in [5, 5.41) is 9.09. The molecule has 0 aliphatic rings. The van der Waals surface area contributed by atoms with Crippen LogP contribution in [0.5, 0.6) is 5.75 Å². The highest BCUT2D eigenvalue weighted by molar-refractivity contribution is 6.32. The lowest BCUT2D eigenvalue weighted by atomic mass is 10.1. The highest BCUT2D eigenvalue weighted by Gasteiger charge is 2.03. The predicted molar refractivity (Wildman–Crippen MR) is 73.3 cm³/mol. The van der Waals surface area contributed by atoms with Gasteiger partial charge in [-0.15, -0.1) is 0 Å². The van der Waals surface area contributed by atoms with Crippen molar-refractivity contribution in [2.24, 2.45) is 0 Å². The topological polar surface area (TPSA) is 46.5 Å². The van der Waals surface area contributed by atoms with E-state index in [-0.39, 0.29) is 6.42 Å². The van der Waals surface area contributed by atoms with E-state index in [1.54, 1.807) is 7.11 Å². The molecular weight excluding hydrogens is 252 g/mol. The molecule has 0 bridgehead atoms. The number of carboxylic acids is 1. The van der Waals surface area contributed by atoms with Crippen LogP contribution in [-0.2, 0) is 4.79 Å². The van der Waals surface area contributed by atoms with Gasteiger partial charge in [0.25, 0.3) is 0 Å². The largest absolute Gasteiger partial charge is 0.495 e. The molecule has 0 fully saturated rings. The fourth-order valence-electron chi connectivity index (χ4n) is 1.59. The third-order valence-electron chi connectivity index (χ3n) is 2.60. The van der Waals surface area contributed by atoms with E-state index >= 15 is 0 Å². The highest BCUT2D eigenvalue weighted by atomic mass is 35.5. The molecule has 0 radical (unpaired) electrons. The summed E-state index contributed by atoms with van der Waals surface area (Å²) in [6, 6.07) is 3.74. The van der Waals surface area contributed by atoms with Gasteiger partial charge in [-0.2, -0.15) is 0 Å². The summed E-state index contributed by atoms with van der Waals surface area (Å²) < 4.78 is 5.13. The fraction of sp³-hybridized carbons (Fsp3) is 0.357. The van der Waals surface area contributed by atoms with Crippen molar-refractivity contribution in [2.75, 3.05) is 7.11 Å². The SMILES string of the molecule is COc1cc(C)c(/C=C/CCCC(=O)O)cc1Cl. The molecule has 1 aromatic rings. The minimum atomic E-state index is -0.757. The first-order valence-corrected chi connectivity index (χ1v) is 6.15. The lowest BCUT2D eigenvalue weighted by Crippen LogP contribution is -1.92. The Morgan fingerprint density at radius 1 is 1.50 bits per heavy atom. The Kier molecular flexibility index (Phi) is 5.72. The molecule has 3 nitrogen and oxygen atoms in total. The second kappa shape index (κ2) is 7.07. The van der Waals surface area contributed by atoms with Crippen molar-refractivity contribution >= 4 is 23.6 Å². The van der Waals surface area contributed by atoms with Gasteiger partial charge in [0.15, 0.2) is 0 Å². The Morgan fingerprint density at radius 3 is 2.83 bits per heavy atom. The zero-order valence-electron chi connectivity index (χ0n) is 10.6. The standard InChI is InChI=1S/C14H17ClO3/c1-10-8-13(18-2)12(15)9-11(10)6-4-3-5-7-14(16)17/h4,6,8-9H,3,5,7H2,1-2H3,(H,16,17)/b6-4+. The molecule has 0 amide bonds. The molecule has 1 rings (SSSR count). The average molecular weight is 269 g/mol. The second-order valence-electron chi connectivity index (χ2n) is 4.03. The molecule has 98 valence electrons. The van der Waals surface area contributed by atoms with Gasteiger partial charge in [-0.25, -0.2) is 0 Å². The van der Waals surface area contributed by atoms with Gasteiger partial charge in [0, 0.05) is 6.42 Å². The van der Waals surface area contributed by atoms with E-state index in [1.165, 1.54) is 0 Å². The molecule has 0 atom stereocenters. The molecule has 0 aromatic heterocycles. The summed E-state index contributed by atoms with van der Waals surface area (Å²) in [6.07, 6.45) is 5.52. The van der Waals surface area contributed by atoms with E-state index in [0.717, 1.165) is 17.5 Å². The number of unbranched alkanes of at least 4 members (excludes halogenated alkanes) is 1. The van der Waals surface area contributed by atoms with Crippen molar-refractivity contribution in [1.29, 1.82) is 0 Å². The maximum atomic E-state index is 10.3. The normalized spacial score (nSPS) is 10.8. The van der Waals surface area contributed by atoms with Crippen molar-refractivity contribution in [3.05, 3.63) is 34.4 Å². The minimum absolute atomic E-state index is 0.201. The molecule has 0 unspecified atom stereocenters. The van der Waals surface area contributed by atoms with Crippen LogP contribution in [0.2, 0.25) is 5.02 Å². The molecular formula is C14H17ClO3. The van der Waals surface area contributed by atoms with Crippen LogP contribution in [0, 0.1) is 6.92 Å². The summed E-state index contributed by atoms with van der Waals surface area (Å²) >= 11 is 6.05. The first-order chi connectivity index (χ1) is 8.54. The maximum Gasteiger partial charge on any atom is 0.303 e. The van der Waals surface area contributed by atoms with Gasteiger partial charge < -0.3 is 9.84 Å². The van der Waals surface area contributed by atoms with E-state index in [9.17, 15) is 4.79 Å². The number of carbonyl (C=O) groups is 1. The van der Waals surface area contributed by atoms with Gasteiger partial charge in [-0.1, -0.05) is 23.8 Å². The zero-order chi connectivity index (χ0) is 13.5. The van der Waals surface area contributed by atoms with Crippen LogP contribution in [-0.4, -0.2) is 18.2 Å². The lowest BCUT2D eigenvalue weighted by Gasteiger charge is -2.07. The molecule has 0 heterocycles. The summed E-state index contributed by atoms with van der Waals surface area (Å²) in [4.78, 5) is 10.3. The number of aliphatic carboxylic acids is 1. The van der Waals surface area contributed by atoms with Crippen LogP contribution in [0.1, 0.15) is 30.4 Å². The maximum absolute atomic E-state index is 10.3. The lowest BCUT2D eigenvalue weighted by molar-refractivity contribution is -0.137. The average Bonchev–Trinajstić information content (AvgIpc) is 2.32. The fourth-order valence-corrected chi connectivity index (χ4v) is 1.84. The highest BCUT2D eigenvalue weighted by Crippen LogP contribution is 2.28. The van der Waals surface area contributed by atoms with Crippen LogP contribution in [0.3, 0.4) is 0 Å². The number of allylic oxidation sites excluding steroid dienone is 1. The molecule has 1 N–H and O–H groups in total. The van der Waals surface area contributed by atoms with Gasteiger partial charge in [-0.3, -0.25) is 4.79 Å². The van der Waals surface area contributed by atoms with Gasteiger partial charge in [0.05, 0.1) is 12.1 Å². The van der Waals surface area contributed by atoms with E-state index in [2.05, 4.69) is 0 Å². The first-order valence-electron chi connectivity index (χ1n) is 5.77. The molecule has 18 heavy (non-hydrogen) atoms. The molecule has 1 aromatic carbocycles. The van der Waals surface area contributed by atoms with Gasteiger partial charge >= 0.3 is 5.97 Å². The van der Waals surface area contributed by atoms with Crippen molar-refractivity contribution in [3.8, 4) is 5.75 Å². The van der Waals surface area contributed by atoms with Crippen molar-refractivity contribution in [2.45, 2.75) is 26.2 Å². The second-order valence-corrected chi connectivity index (χ2v) is 4.44. The Hall–Kier alpha value is -1.48. The van der Waals surface area contributed by atoms with Crippen LogP contribution in [0.4, 0.5) is 0 Å². The first kappa shape index (κ1) is 14.6. The Morgan fingerprint density at radius 2 is 2.22 bits per heavy atom. The van der Waals surface area contributed by atoms with Crippen LogP contribution >= 0.6 is 11.6 Å². The monoisotopic (exact) mass is 268 g/mol. The molecule has 4 heteroatoms. The van der Waals surface area contributed by atoms with E-state index in [0.29, 0.717) is 17.2 Å². The molecule has 0 aliphatic carbocycles. The summed E-state index contributed by atoms with van der Waals surface area (Å²) in [5.74, 6) is -0.0933. The number of rotatable bonds is 6. The van der Waals surface area contributed by atoms with Crippen LogP contribution in [0.25, 0.3) is 6.08 Å². The summed E-state index contributed by atoms with van der Waals surface area (Å²) in [7, 11) is 1.59. The number of hydrogen-bond donors (Lipinski definition) is 1. The predicted octanol–water partition coefficient (Wildman–Crippen LogP) is 3.93. The van der Waals surface area contributed by atoms with Gasteiger partial charge in [0.1, 0.15) is 5.75 Å². The molecule has 0 saturated carbocycles. The number of hydrogen-bond acceptors (Lipinski definition) is 2. The summed E-state index contributed by atoms with van der Waals surface area (Å²) in [6.45, 7) is 1.98. The zero-order valence-corrected chi connectivity index (χ0v) is 11.3. The number of methoxy groups -OCH3 is 1. The quantitative estimate of drug-likeness (QED) is 0.795. The number of halogens is 1. The van der Waals surface area contributed by atoms with E-state index in [4.69, 9.17) is 21.4 Å². The van der Waals surface area contributed by atoms with Crippen LogP contribution in [0.15, 0.2) is 18.2 Å².